The van der Waals surface area contributed by atoms with Gasteiger partial charge in [-0.3, -0.25) is 4.99 Å². The Bertz CT molecular complexity index is 522. The van der Waals surface area contributed by atoms with Crippen LogP contribution in [0.5, 0.6) is 5.88 Å². The molecule has 7 heteroatoms. The van der Waals surface area contributed by atoms with Crippen molar-refractivity contribution in [3.8, 4) is 5.88 Å². The summed E-state index contributed by atoms with van der Waals surface area (Å²) >= 11 is 0. The fraction of sp³-hybridized carbons (Fsp3) is 0.684. The Morgan fingerprint density at radius 1 is 1.27 bits per heavy atom. The molecule has 148 valence electrons. The number of pyridine rings is 1. The fourth-order valence-electron chi connectivity index (χ4n) is 3.21. The number of aliphatic imine (C=N–C) groups is 1. The van der Waals surface area contributed by atoms with Crippen molar-refractivity contribution in [2.45, 2.75) is 45.1 Å². The molecule has 6 nitrogen and oxygen atoms in total. The maximum atomic E-state index is 5.66. The molecule has 0 saturated heterocycles. The van der Waals surface area contributed by atoms with E-state index < -0.39 is 0 Å². The van der Waals surface area contributed by atoms with Gasteiger partial charge in [-0.05, 0) is 24.8 Å². The van der Waals surface area contributed by atoms with Gasteiger partial charge in [-0.2, -0.15) is 0 Å². The monoisotopic (exact) mass is 476 g/mol. The lowest BCUT2D eigenvalue weighted by Gasteiger charge is -2.14. The summed E-state index contributed by atoms with van der Waals surface area (Å²) in [7, 11) is 3.46. The molecule has 0 aliphatic heterocycles. The number of nitrogens with one attached hydrogen (secondary N) is 2. The number of methoxy groups -OCH3 is 1. The van der Waals surface area contributed by atoms with Gasteiger partial charge in [-0.25, -0.2) is 4.98 Å². The van der Waals surface area contributed by atoms with E-state index in [1.807, 2.05) is 12.1 Å². The van der Waals surface area contributed by atoms with Crippen LogP contribution >= 0.6 is 24.0 Å². The predicted octanol–water partition coefficient (Wildman–Crippen LogP) is 3.36. The number of hydrogen-bond donors (Lipinski definition) is 2. The molecule has 2 rings (SSSR count). The zero-order chi connectivity index (χ0) is 17.7. The van der Waals surface area contributed by atoms with E-state index in [0.29, 0.717) is 25.6 Å². The van der Waals surface area contributed by atoms with Gasteiger partial charge in [0.1, 0.15) is 6.61 Å². The molecule has 1 aromatic rings. The van der Waals surface area contributed by atoms with E-state index in [-0.39, 0.29) is 24.0 Å². The lowest BCUT2D eigenvalue weighted by Crippen LogP contribution is -2.37. The quantitative estimate of drug-likeness (QED) is 0.235. The van der Waals surface area contributed by atoms with Crippen LogP contribution in [0.1, 0.15) is 44.1 Å². The minimum Gasteiger partial charge on any atom is -0.475 e. The first-order valence-corrected chi connectivity index (χ1v) is 9.33. The first kappa shape index (κ1) is 23.0. The zero-order valence-corrected chi connectivity index (χ0v) is 18.3. The van der Waals surface area contributed by atoms with E-state index in [4.69, 9.17) is 9.47 Å². The Morgan fingerprint density at radius 2 is 2.08 bits per heavy atom. The summed E-state index contributed by atoms with van der Waals surface area (Å²) < 4.78 is 10.7. The van der Waals surface area contributed by atoms with E-state index in [1.165, 1.54) is 38.5 Å². The molecule has 0 atom stereocenters. The lowest BCUT2D eigenvalue weighted by atomic mass is 10.0. The number of halogens is 1. The lowest BCUT2D eigenvalue weighted by molar-refractivity contribution is 0.143. The minimum absolute atomic E-state index is 0. The SMILES string of the molecule is CN=C(NCCCC1CCCC1)NCc1cccnc1OCCOC.I. The molecule has 26 heavy (non-hydrogen) atoms. The molecule has 2 N–H and O–H groups in total. The van der Waals surface area contributed by atoms with Crippen LogP contribution in [0, 0.1) is 5.92 Å². The largest absolute Gasteiger partial charge is 0.475 e. The first-order valence-electron chi connectivity index (χ1n) is 9.33. The van der Waals surface area contributed by atoms with Crippen molar-refractivity contribution in [2.75, 3.05) is 33.9 Å². The molecule has 1 aliphatic carbocycles. The van der Waals surface area contributed by atoms with Gasteiger partial charge in [-0.15, -0.1) is 24.0 Å². The number of nitrogens with zero attached hydrogens (tertiary/aromatic N) is 2. The highest BCUT2D eigenvalue weighted by Gasteiger charge is 2.14. The van der Waals surface area contributed by atoms with Crippen molar-refractivity contribution in [1.29, 1.82) is 0 Å². The second-order valence-corrected chi connectivity index (χ2v) is 6.45. The van der Waals surface area contributed by atoms with Gasteiger partial charge in [0.15, 0.2) is 5.96 Å². The average molecular weight is 476 g/mol. The van der Waals surface area contributed by atoms with E-state index in [2.05, 4.69) is 20.6 Å². The highest BCUT2D eigenvalue weighted by Crippen LogP contribution is 2.28. The van der Waals surface area contributed by atoms with E-state index in [9.17, 15) is 0 Å². The number of ether oxygens (including phenoxy) is 2. The van der Waals surface area contributed by atoms with Crippen LogP contribution in [-0.2, 0) is 11.3 Å². The number of guanidine groups is 1. The summed E-state index contributed by atoms with van der Waals surface area (Å²) in [6.07, 6.45) is 9.93. The summed E-state index contributed by atoms with van der Waals surface area (Å²) in [6, 6.07) is 3.92. The molecule has 1 saturated carbocycles. The molecule has 0 bridgehead atoms. The summed E-state index contributed by atoms with van der Waals surface area (Å²) in [5.74, 6) is 2.40. The molecule has 0 aromatic carbocycles. The Morgan fingerprint density at radius 3 is 2.81 bits per heavy atom. The zero-order valence-electron chi connectivity index (χ0n) is 16.0. The van der Waals surface area contributed by atoms with Gasteiger partial charge in [-0.1, -0.05) is 31.7 Å². The average Bonchev–Trinajstić information content (AvgIpc) is 3.16. The molecule has 0 unspecified atom stereocenters. The molecule has 0 spiro atoms. The summed E-state index contributed by atoms with van der Waals surface area (Å²) in [5.41, 5.74) is 1.01. The fourth-order valence-corrected chi connectivity index (χ4v) is 3.21. The van der Waals surface area contributed by atoms with E-state index in [0.717, 1.165) is 24.0 Å². The predicted molar refractivity (Wildman–Crippen MR) is 116 cm³/mol. The minimum atomic E-state index is 0. The Hall–Kier alpha value is -1.09. The second kappa shape index (κ2) is 14.0. The van der Waals surface area contributed by atoms with Crippen LogP contribution in [0.3, 0.4) is 0 Å². The second-order valence-electron chi connectivity index (χ2n) is 6.45. The normalized spacial score (nSPS) is 14.8. The molecule has 0 amide bonds. The van der Waals surface area contributed by atoms with Crippen LogP contribution in [0.25, 0.3) is 0 Å². The van der Waals surface area contributed by atoms with E-state index >= 15 is 0 Å². The van der Waals surface area contributed by atoms with Crippen molar-refractivity contribution in [3.05, 3.63) is 23.9 Å². The molecule has 1 aliphatic rings. The van der Waals surface area contributed by atoms with Gasteiger partial charge in [0.25, 0.3) is 0 Å². The topological polar surface area (TPSA) is 67.8 Å². The third kappa shape index (κ3) is 8.53. The van der Waals surface area contributed by atoms with Gasteiger partial charge >= 0.3 is 0 Å². The number of hydrogen-bond acceptors (Lipinski definition) is 4. The maximum absolute atomic E-state index is 5.66. The Labute approximate surface area is 174 Å². The van der Waals surface area contributed by atoms with Crippen LogP contribution in [0.4, 0.5) is 0 Å². The Kier molecular flexibility index (Phi) is 12.4. The summed E-state index contributed by atoms with van der Waals surface area (Å²) in [6.45, 7) is 2.63. The van der Waals surface area contributed by atoms with Gasteiger partial charge in [0.2, 0.25) is 5.88 Å². The van der Waals surface area contributed by atoms with Crippen LogP contribution < -0.4 is 15.4 Å². The molecular formula is C19H33IN4O2. The standard InChI is InChI=1S/C19H32N4O2.HI/c1-20-19(22-12-5-9-16-7-3-4-8-16)23-15-17-10-6-11-21-18(17)25-14-13-24-2;/h6,10-11,16H,3-5,7-9,12-15H2,1-2H3,(H2,20,22,23);1H. The Balaban J connectivity index is 0.00000338. The molecule has 1 aromatic heterocycles. The van der Waals surface area contributed by atoms with Crippen molar-refractivity contribution in [3.63, 3.8) is 0 Å². The van der Waals surface area contributed by atoms with Crippen molar-refractivity contribution in [1.82, 2.24) is 15.6 Å². The van der Waals surface area contributed by atoms with Crippen LogP contribution in [-0.4, -0.2) is 44.9 Å². The third-order valence-electron chi connectivity index (χ3n) is 4.60. The number of aromatic nitrogens is 1. The first-order chi connectivity index (χ1) is 12.3. The summed E-state index contributed by atoms with van der Waals surface area (Å²) in [5, 5.41) is 6.73. The van der Waals surface area contributed by atoms with Crippen molar-refractivity contribution in [2.24, 2.45) is 10.9 Å². The van der Waals surface area contributed by atoms with Gasteiger partial charge in [0.05, 0.1) is 6.61 Å². The van der Waals surface area contributed by atoms with Crippen molar-refractivity contribution < 1.29 is 9.47 Å². The van der Waals surface area contributed by atoms with Crippen LogP contribution in [0.15, 0.2) is 23.3 Å². The molecule has 1 heterocycles. The third-order valence-corrected chi connectivity index (χ3v) is 4.60. The van der Waals surface area contributed by atoms with Crippen molar-refractivity contribution >= 4 is 29.9 Å². The van der Waals surface area contributed by atoms with E-state index in [1.54, 1.807) is 20.4 Å². The maximum Gasteiger partial charge on any atom is 0.218 e. The smallest absolute Gasteiger partial charge is 0.218 e. The van der Waals surface area contributed by atoms with Crippen LogP contribution in [0.2, 0.25) is 0 Å². The number of rotatable bonds is 10. The molecule has 0 radical (unpaired) electrons. The molecular weight excluding hydrogens is 443 g/mol. The highest BCUT2D eigenvalue weighted by molar-refractivity contribution is 14.0. The highest BCUT2D eigenvalue weighted by atomic mass is 127. The molecule has 1 fully saturated rings. The van der Waals surface area contributed by atoms with Gasteiger partial charge < -0.3 is 20.1 Å². The van der Waals surface area contributed by atoms with Gasteiger partial charge in [0, 0.05) is 39.0 Å². The summed E-state index contributed by atoms with van der Waals surface area (Å²) in [4.78, 5) is 8.59.